The highest BCUT2D eigenvalue weighted by molar-refractivity contribution is 5.96. The molecule has 0 bridgehead atoms. The molecule has 0 fully saturated rings. The van der Waals surface area contributed by atoms with E-state index in [1.165, 1.54) is 13.8 Å². The van der Waals surface area contributed by atoms with Crippen LogP contribution in [0.4, 0.5) is 0 Å². The van der Waals surface area contributed by atoms with Crippen LogP contribution in [-0.2, 0) is 33.4 Å². The van der Waals surface area contributed by atoms with Crippen molar-refractivity contribution < 1.29 is 33.4 Å². The Morgan fingerprint density at radius 1 is 0.850 bits per heavy atom. The van der Waals surface area contributed by atoms with E-state index in [1.807, 2.05) is 0 Å². The first-order chi connectivity index (χ1) is 9.29. The van der Waals surface area contributed by atoms with E-state index >= 15 is 0 Å². The smallest absolute Gasteiger partial charge is 0.328 e. The molecule has 8 heteroatoms. The maximum Gasteiger partial charge on any atom is 0.328 e. The Morgan fingerprint density at radius 3 is 1.55 bits per heavy atom. The van der Waals surface area contributed by atoms with Gasteiger partial charge in [0.05, 0.1) is 21.3 Å². The second kappa shape index (κ2) is 8.13. The summed E-state index contributed by atoms with van der Waals surface area (Å²) in [5.74, 6) is -5.23. The first kappa shape index (κ1) is 17.9. The first-order valence-electron chi connectivity index (χ1n) is 5.80. The number of carbonyl (C=O) groups excluding carboxylic acids is 4. The summed E-state index contributed by atoms with van der Waals surface area (Å²) >= 11 is 0. The zero-order valence-corrected chi connectivity index (χ0v) is 12.1. The van der Waals surface area contributed by atoms with Gasteiger partial charge in [0.1, 0.15) is 6.04 Å². The van der Waals surface area contributed by atoms with Gasteiger partial charge in [-0.05, 0) is 0 Å². The molecule has 20 heavy (non-hydrogen) atoms. The molecule has 0 aromatic heterocycles. The maximum absolute atomic E-state index is 11.7. The normalized spacial score (nSPS) is 13.1. The van der Waals surface area contributed by atoms with Crippen LogP contribution in [0.3, 0.4) is 0 Å². The lowest BCUT2D eigenvalue weighted by Crippen LogP contribution is -2.50. The molecule has 0 aliphatic heterocycles. The van der Waals surface area contributed by atoms with Crippen LogP contribution < -0.4 is 5.32 Å². The van der Waals surface area contributed by atoms with Gasteiger partial charge in [-0.3, -0.25) is 14.4 Å². The maximum atomic E-state index is 11.7. The standard InChI is InChI=1S/C12H19NO7/c1-6(8(10(15)18-3)11(16)19-4)9(12(17)20-5)13-7(2)14/h6,8-9H,1-5H3,(H,13,14)/t6-,9+/m1/s1. The summed E-state index contributed by atoms with van der Waals surface area (Å²) in [4.78, 5) is 46.1. The molecule has 0 aromatic rings. The van der Waals surface area contributed by atoms with Gasteiger partial charge in [-0.2, -0.15) is 0 Å². The van der Waals surface area contributed by atoms with Crippen molar-refractivity contribution in [2.45, 2.75) is 19.9 Å². The number of amides is 1. The highest BCUT2D eigenvalue weighted by Gasteiger charge is 2.42. The molecule has 0 aliphatic carbocycles. The van der Waals surface area contributed by atoms with Crippen molar-refractivity contribution in [3.63, 3.8) is 0 Å². The van der Waals surface area contributed by atoms with Crippen LogP contribution >= 0.6 is 0 Å². The highest BCUT2D eigenvalue weighted by atomic mass is 16.5. The minimum absolute atomic E-state index is 0.499. The minimum Gasteiger partial charge on any atom is -0.468 e. The van der Waals surface area contributed by atoms with Gasteiger partial charge in [0.15, 0.2) is 5.92 Å². The average Bonchev–Trinajstić information content (AvgIpc) is 2.42. The van der Waals surface area contributed by atoms with Gasteiger partial charge >= 0.3 is 17.9 Å². The fourth-order valence-corrected chi connectivity index (χ4v) is 1.72. The predicted molar refractivity (Wildman–Crippen MR) is 66.3 cm³/mol. The van der Waals surface area contributed by atoms with E-state index in [-0.39, 0.29) is 0 Å². The summed E-state index contributed by atoms with van der Waals surface area (Å²) in [5.41, 5.74) is 0. The molecule has 2 atom stereocenters. The summed E-state index contributed by atoms with van der Waals surface area (Å²) in [6.45, 7) is 2.64. The molecule has 8 nitrogen and oxygen atoms in total. The summed E-state index contributed by atoms with van der Waals surface area (Å²) in [7, 11) is 3.35. The molecule has 0 radical (unpaired) electrons. The lowest BCUT2D eigenvalue weighted by Gasteiger charge is -2.26. The number of rotatable bonds is 6. The van der Waals surface area contributed by atoms with Crippen LogP contribution in [0.1, 0.15) is 13.8 Å². The third-order valence-electron chi connectivity index (χ3n) is 2.78. The number of esters is 3. The summed E-state index contributed by atoms with van der Waals surface area (Å²) < 4.78 is 13.6. The molecule has 0 aromatic carbocycles. The lowest BCUT2D eigenvalue weighted by molar-refractivity contribution is -0.163. The quantitative estimate of drug-likeness (QED) is 0.390. The number of hydrogen-bond acceptors (Lipinski definition) is 7. The Bertz CT molecular complexity index is 377. The largest absolute Gasteiger partial charge is 0.468 e. The Labute approximate surface area is 116 Å². The second-order valence-electron chi connectivity index (χ2n) is 4.08. The van der Waals surface area contributed by atoms with Crippen molar-refractivity contribution in [2.75, 3.05) is 21.3 Å². The fourth-order valence-electron chi connectivity index (χ4n) is 1.72. The zero-order valence-electron chi connectivity index (χ0n) is 12.1. The summed E-state index contributed by atoms with van der Waals surface area (Å²) in [6.07, 6.45) is 0. The Hall–Kier alpha value is -2.12. The topological polar surface area (TPSA) is 108 Å². The van der Waals surface area contributed by atoms with Crippen molar-refractivity contribution in [2.24, 2.45) is 11.8 Å². The average molecular weight is 289 g/mol. The molecule has 1 amide bonds. The van der Waals surface area contributed by atoms with Gasteiger partial charge < -0.3 is 19.5 Å². The second-order valence-corrected chi connectivity index (χ2v) is 4.08. The van der Waals surface area contributed by atoms with Crippen molar-refractivity contribution in [1.29, 1.82) is 0 Å². The van der Waals surface area contributed by atoms with E-state index in [2.05, 4.69) is 19.5 Å². The molecular weight excluding hydrogens is 270 g/mol. The van der Waals surface area contributed by atoms with Gasteiger partial charge in [-0.15, -0.1) is 0 Å². The Morgan fingerprint density at radius 2 is 1.25 bits per heavy atom. The Kier molecular flexibility index (Phi) is 7.27. The monoisotopic (exact) mass is 289 g/mol. The highest BCUT2D eigenvalue weighted by Crippen LogP contribution is 2.20. The van der Waals surface area contributed by atoms with E-state index in [0.717, 1.165) is 21.3 Å². The van der Waals surface area contributed by atoms with Crippen LogP contribution in [0.25, 0.3) is 0 Å². The molecule has 0 unspecified atom stereocenters. The number of hydrogen-bond donors (Lipinski definition) is 1. The zero-order chi connectivity index (χ0) is 15.9. The fraction of sp³-hybridized carbons (Fsp3) is 0.667. The van der Waals surface area contributed by atoms with Gasteiger partial charge in [-0.25, -0.2) is 4.79 Å². The number of carbonyl (C=O) groups is 4. The SMILES string of the molecule is COC(=O)C(C(=O)OC)[C@@H](C)[C@H](NC(C)=O)C(=O)OC. The van der Waals surface area contributed by atoms with E-state index in [9.17, 15) is 19.2 Å². The van der Waals surface area contributed by atoms with E-state index in [4.69, 9.17) is 0 Å². The number of methoxy groups -OCH3 is 3. The molecule has 1 N–H and O–H groups in total. The Balaban J connectivity index is 5.38. The molecular formula is C12H19NO7. The summed E-state index contributed by atoms with van der Waals surface area (Å²) in [5, 5.41) is 2.34. The van der Waals surface area contributed by atoms with E-state index in [0.29, 0.717) is 0 Å². The van der Waals surface area contributed by atoms with Crippen molar-refractivity contribution in [3.8, 4) is 0 Å². The third kappa shape index (κ3) is 4.52. The third-order valence-corrected chi connectivity index (χ3v) is 2.78. The summed E-state index contributed by atoms with van der Waals surface area (Å²) in [6, 6.07) is -1.17. The molecule has 0 rings (SSSR count). The van der Waals surface area contributed by atoms with Crippen LogP contribution in [0, 0.1) is 11.8 Å². The van der Waals surface area contributed by atoms with Crippen molar-refractivity contribution in [3.05, 3.63) is 0 Å². The van der Waals surface area contributed by atoms with Crippen LogP contribution in [0.5, 0.6) is 0 Å². The van der Waals surface area contributed by atoms with Gasteiger partial charge in [0.25, 0.3) is 0 Å². The molecule has 0 heterocycles. The minimum atomic E-state index is -1.35. The number of ether oxygens (including phenoxy) is 3. The van der Waals surface area contributed by atoms with Crippen LogP contribution in [0.15, 0.2) is 0 Å². The van der Waals surface area contributed by atoms with E-state index < -0.39 is 41.7 Å². The molecule has 0 saturated carbocycles. The molecule has 114 valence electrons. The molecule has 0 aliphatic rings. The lowest BCUT2D eigenvalue weighted by atomic mass is 9.87. The predicted octanol–water partition coefficient (Wildman–Crippen LogP) is -0.738. The number of nitrogens with one attached hydrogen (secondary N) is 1. The van der Waals surface area contributed by atoms with Gasteiger partial charge in [-0.1, -0.05) is 6.92 Å². The molecule has 0 saturated heterocycles. The van der Waals surface area contributed by atoms with Gasteiger partial charge in [0, 0.05) is 12.8 Å². The van der Waals surface area contributed by atoms with Gasteiger partial charge in [0.2, 0.25) is 5.91 Å². The first-order valence-corrected chi connectivity index (χ1v) is 5.80. The van der Waals surface area contributed by atoms with Crippen molar-refractivity contribution >= 4 is 23.8 Å². The van der Waals surface area contributed by atoms with E-state index in [1.54, 1.807) is 0 Å². The molecule has 0 spiro atoms. The van der Waals surface area contributed by atoms with Crippen LogP contribution in [0.2, 0.25) is 0 Å². The van der Waals surface area contributed by atoms with Crippen molar-refractivity contribution in [1.82, 2.24) is 5.32 Å². The van der Waals surface area contributed by atoms with Crippen LogP contribution in [-0.4, -0.2) is 51.2 Å².